The van der Waals surface area contributed by atoms with E-state index in [4.69, 9.17) is 9.57 Å². The molecular weight excluding hydrogens is 178 g/mol. The summed E-state index contributed by atoms with van der Waals surface area (Å²) in [6.07, 6.45) is 0.947. The van der Waals surface area contributed by atoms with Crippen molar-refractivity contribution in [2.45, 2.75) is 19.4 Å². The zero-order chi connectivity index (χ0) is 9.80. The van der Waals surface area contributed by atoms with Gasteiger partial charge in [-0.1, -0.05) is 23.4 Å². The molecule has 0 aliphatic carbocycles. The van der Waals surface area contributed by atoms with Gasteiger partial charge in [-0.15, -0.1) is 0 Å². The summed E-state index contributed by atoms with van der Waals surface area (Å²) in [4.78, 5) is 5.15. The van der Waals surface area contributed by atoms with Gasteiger partial charge in [0.05, 0.1) is 5.71 Å². The summed E-state index contributed by atoms with van der Waals surface area (Å²) < 4.78 is 5.54. The fraction of sp³-hybridized carbons (Fsp3) is 0.364. The second-order valence-electron chi connectivity index (χ2n) is 3.38. The van der Waals surface area contributed by atoms with Crippen LogP contribution in [-0.2, 0) is 4.84 Å². The summed E-state index contributed by atoms with van der Waals surface area (Å²) in [5.41, 5.74) is 1.03. The quantitative estimate of drug-likeness (QED) is 0.733. The van der Waals surface area contributed by atoms with Crippen LogP contribution in [0.15, 0.2) is 35.5 Å². The third kappa shape index (κ3) is 2.25. The van der Waals surface area contributed by atoms with Crippen LogP contribution < -0.4 is 4.74 Å². The smallest absolute Gasteiger partial charge is 0.166 e. The Balaban J connectivity index is 1.79. The molecule has 1 heterocycles. The van der Waals surface area contributed by atoms with Gasteiger partial charge in [-0.05, 0) is 19.1 Å². The average molecular weight is 191 g/mol. The van der Waals surface area contributed by atoms with E-state index in [0.29, 0.717) is 6.61 Å². The number of hydrogen-bond donors (Lipinski definition) is 0. The average Bonchev–Trinajstić information content (AvgIpc) is 2.63. The Morgan fingerprint density at radius 3 is 2.86 bits per heavy atom. The predicted octanol–water partition coefficient (Wildman–Crippen LogP) is 2.23. The van der Waals surface area contributed by atoms with Crippen LogP contribution in [0.5, 0.6) is 5.75 Å². The summed E-state index contributed by atoms with van der Waals surface area (Å²) in [5.74, 6) is 0.876. The Morgan fingerprint density at radius 2 is 2.21 bits per heavy atom. The summed E-state index contributed by atoms with van der Waals surface area (Å²) in [5, 5.41) is 3.87. The molecule has 0 bridgehead atoms. The number of hydrogen-bond acceptors (Lipinski definition) is 3. The molecule has 3 nitrogen and oxygen atoms in total. The van der Waals surface area contributed by atoms with Gasteiger partial charge in [0, 0.05) is 6.42 Å². The van der Waals surface area contributed by atoms with Crippen LogP contribution in [0.1, 0.15) is 13.3 Å². The molecule has 3 heteroatoms. The molecule has 0 unspecified atom stereocenters. The molecule has 2 rings (SSSR count). The van der Waals surface area contributed by atoms with E-state index >= 15 is 0 Å². The van der Waals surface area contributed by atoms with Crippen molar-refractivity contribution >= 4 is 5.71 Å². The van der Waals surface area contributed by atoms with Crippen molar-refractivity contribution in [1.29, 1.82) is 0 Å². The van der Waals surface area contributed by atoms with Gasteiger partial charge in [0.2, 0.25) is 0 Å². The van der Waals surface area contributed by atoms with Gasteiger partial charge in [0.25, 0.3) is 0 Å². The highest BCUT2D eigenvalue weighted by Crippen LogP contribution is 2.13. The summed E-state index contributed by atoms with van der Waals surface area (Å²) in [6, 6.07) is 9.73. The van der Waals surface area contributed by atoms with Crippen molar-refractivity contribution in [3.8, 4) is 5.75 Å². The molecule has 0 amide bonds. The summed E-state index contributed by atoms with van der Waals surface area (Å²) in [7, 11) is 0. The largest absolute Gasteiger partial charge is 0.490 e. The van der Waals surface area contributed by atoms with Crippen molar-refractivity contribution in [1.82, 2.24) is 0 Å². The molecule has 1 aromatic rings. The maximum atomic E-state index is 5.54. The molecule has 74 valence electrons. The van der Waals surface area contributed by atoms with E-state index in [2.05, 4.69) is 5.16 Å². The third-order valence-electron chi connectivity index (χ3n) is 2.06. The minimum Gasteiger partial charge on any atom is -0.490 e. The first kappa shape index (κ1) is 9.06. The molecule has 0 N–H and O–H groups in total. The van der Waals surface area contributed by atoms with Crippen molar-refractivity contribution in [2.75, 3.05) is 6.61 Å². The van der Waals surface area contributed by atoms with Gasteiger partial charge < -0.3 is 9.57 Å². The van der Waals surface area contributed by atoms with Crippen LogP contribution >= 0.6 is 0 Å². The molecular formula is C11H13NO2. The fourth-order valence-corrected chi connectivity index (χ4v) is 1.36. The lowest BCUT2D eigenvalue weighted by Crippen LogP contribution is -2.17. The first-order valence-electron chi connectivity index (χ1n) is 4.72. The van der Waals surface area contributed by atoms with E-state index in [1.165, 1.54) is 0 Å². The Hall–Kier alpha value is -1.51. The molecule has 1 aliphatic rings. The molecule has 0 spiro atoms. The molecule has 1 aromatic carbocycles. The summed E-state index contributed by atoms with van der Waals surface area (Å²) in [6.45, 7) is 2.52. The topological polar surface area (TPSA) is 30.8 Å². The second kappa shape index (κ2) is 4.13. The van der Waals surface area contributed by atoms with E-state index in [-0.39, 0.29) is 6.10 Å². The normalized spacial score (nSPS) is 20.1. The van der Waals surface area contributed by atoms with Gasteiger partial charge in [0.1, 0.15) is 12.4 Å². The highest BCUT2D eigenvalue weighted by molar-refractivity contribution is 5.82. The monoisotopic (exact) mass is 191 g/mol. The molecule has 0 saturated carbocycles. The van der Waals surface area contributed by atoms with Crippen molar-refractivity contribution in [3.63, 3.8) is 0 Å². The first-order valence-corrected chi connectivity index (χ1v) is 4.72. The molecule has 14 heavy (non-hydrogen) atoms. The lowest BCUT2D eigenvalue weighted by molar-refractivity contribution is 0.0471. The Morgan fingerprint density at radius 1 is 1.43 bits per heavy atom. The highest BCUT2D eigenvalue weighted by atomic mass is 16.7. The van der Waals surface area contributed by atoms with Crippen LogP contribution in [0.25, 0.3) is 0 Å². The molecule has 1 atom stereocenters. The fourth-order valence-electron chi connectivity index (χ4n) is 1.36. The van der Waals surface area contributed by atoms with Crippen molar-refractivity contribution in [3.05, 3.63) is 30.3 Å². The first-order chi connectivity index (χ1) is 6.84. The van der Waals surface area contributed by atoms with E-state index in [0.717, 1.165) is 17.9 Å². The zero-order valence-corrected chi connectivity index (χ0v) is 8.14. The molecule has 0 aromatic heterocycles. The second-order valence-corrected chi connectivity index (χ2v) is 3.38. The van der Waals surface area contributed by atoms with Crippen LogP contribution in [-0.4, -0.2) is 18.4 Å². The van der Waals surface area contributed by atoms with E-state index in [1.54, 1.807) is 0 Å². The lowest BCUT2D eigenvalue weighted by Gasteiger charge is -2.09. The van der Waals surface area contributed by atoms with Crippen LogP contribution in [0, 0.1) is 0 Å². The van der Waals surface area contributed by atoms with Gasteiger partial charge in [-0.25, -0.2) is 0 Å². The van der Waals surface area contributed by atoms with E-state index in [9.17, 15) is 0 Å². The summed E-state index contributed by atoms with van der Waals surface area (Å²) >= 11 is 0. The Labute approximate surface area is 83.3 Å². The SMILES string of the molecule is CC1=NO[C@H](COc2ccccc2)C1. The minimum absolute atomic E-state index is 0.0789. The molecule has 0 saturated heterocycles. The standard InChI is InChI=1S/C11H13NO2/c1-9-7-11(14-12-9)8-13-10-5-3-2-4-6-10/h2-6,11H,7-8H2,1H3/t11-/m0/s1. The number of rotatable bonds is 3. The number of nitrogens with zero attached hydrogens (tertiary/aromatic N) is 1. The molecule has 0 fully saturated rings. The van der Waals surface area contributed by atoms with E-state index in [1.807, 2.05) is 37.3 Å². The minimum atomic E-state index is 0.0789. The van der Waals surface area contributed by atoms with Crippen LogP contribution in [0.3, 0.4) is 0 Å². The number of ether oxygens (including phenoxy) is 1. The lowest BCUT2D eigenvalue weighted by atomic mass is 10.2. The predicted molar refractivity (Wildman–Crippen MR) is 54.5 cm³/mol. The van der Waals surface area contributed by atoms with Crippen molar-refractivity contribution < 1.29 is 9.57 Å². The molecule has 1 aliphatic heterocycles. The number of para-hydroxylation sites is 1. The van der Waals surface area contributed by atoms with Gasteiger partial charge in [0.15, 0.2) is 6.10 Å². The van der Waals surface area contributed by atoms with Gasteiger partial charge in [-0.3, -0.25) is 0 Å². The number of benzene rings is 1. The maximum absolute atomic E-state index is 5.54. The Kier molecular flexibility index (Phi) is 2.68. The van der Waals surface area contributed by atoms with Gasteiger partial charge in [-0.2, -0.15) is 0 Å². The van der Waals surface area contributed by atoms with E-state index < -0.39 is 0 Å². The third-order valence-corrected chi connectivity index (χ3v) is 2.06. The van der Waals surface area contributed by atoms with Gasteiger partial charge >= 0.3 is 0 Å². The Bertz CT molecular complexity index is 321. The van der Waals surface area contributed by atoms with Crippen LogP contribution in [0.4, 0.5) is 0 Å². The zero-order valence-electron chi connectivity index (χ0n) is 8.14. The maximum Gasteiger partial charge on any atom is 0.166 e. The van der Waals surface area contributed by atoms with Crippen LogP contribution in [0.2, 0.25) is 0 Å². The molecule has 0 radical (unpaired) electrons. The number of oxime groups is 1. The highest BCUT2D eigenvalue weighted by Gasteiger charge is 2.18. The van der Waals surface area contributed by atoms with Crippen molar-refractivity contribution in [2.24, 2.45) is 5.16 Å².